The van der Waals surface area contributed by atoms with E-state index in [-0.39, 0.29) is 24.7 Å². The van der Waals surface area contributed by atoms with Gasteiger partial charge in [0.05, 0.1) is 34.4 Å². The van der Waals surface area contributed by atoms with Crippen molar-refractivity contribution >= 4 is 45.1 Å². The number of carbonyl (C=O) groups excluding carboxylic acids is 1. The van der Waals surface area contributed by atoms with Crippen LogP contribution in [0.25, 0.3) is 0 Å². The molecule has 2 aromatic heterocycles. The van der Waals surface area contributed by atoms with Crippen molar-refractivity contribution in [1.82, 2.24) is 19.6 Å². The first-order valence-corrected chi connectivity index (χ1v) is 9.45. The molecule has 1 amide bonds. The highest BCUT2D eigenvalue weighted by Gasteiger charge is 2.17. The largest absolute Gasteiger partial charge is 0.390 e. The van der Waals surface area contributed by atoms with Gasteiger partial charge in [0.2, 0.25) is 5.91 Å². The van der Waals surface area contributed by atoms with Crippen LogP contribution in [0.15, 0.2) is 41.0 Å². The van der Waals surface area contributed by atoms with Crippen LogP contribution >= 0.6 is 27.5 Å². The van der Waals surface area contributed by atoms with Gasteiger partial charge in [0.15, 0.2) is 5.82 Å². The minimum absolute atomic E-state index is 0.107. The molecule has 3 aromatic rings. The fourth-order valence-corrected chi connectivity index (χ4v) is 3.09. The quantitative estimate of drug-likeness (QED) is 0.420. The number of nitro groups is 1. The van der Waals surface area contributed by atoms with Crippen LogP contribution in [0.1, 0.15) is 17.7 Å². The highest BCUT2D eigenvalue weighted by Crippen LogP contribution is 2.21. The first kappa shape index (κ1) is 20.0. The molecule has 9 nitrogen and oxygen atoms in total. The normalized spacial score (nSPS) is 10.8. The number of hydrogen-bond donors (Lipinski definition) is 1. The molecular formula is C17H16BrClN6O3. The Labute approximate surface area is 173 Å². The average Bonchev–Trinajstić information content (AvgIpc) is 3.18. The maximum atomic E-state index is 12.2. The van der Waals surface area contributed by atoms with Gasteiger partial charge >= 0.3 is 5.82 Å². The van der Waals surface area contributed by atoms with Gasteiger partial charge in [-0.15, -0.1) is 0 Å². The molecule has 0 aliphatic rings. The summed E-state index contributed by atoms with van der Waals surface area (Å²) in [5, 5.41) is 22.4. The van der Waals surface area contributed by atoms with Gasteiger partial charge in [-0.1, -0.05) is 23.7 Å². The lowest BCUT2D eigenvalue weighted by atomic mass is 10.2. The lowest BCUT2D eigenvalue weighted by molar-refractivity contribution is -0.389. The molecule has 0 atom stereocenters. The molecule has 0 saturated carbocycles. The predicted molar refractivity (Wildman–Crippen MR) is 107 cm³/mol. The van der Waals surface area contributed by atoms with Crippen molar-refractivity contribution < 1.29 is 9.72 Å². The van der Waals surface area contributed by atoms with E-state index < -0.39 is 4.92 Å². The molecule has 11 heteroatoms. The molecular weight excluding hydrogens is 452 g/mol. The zero-order valence-electron chi connectivity index (χ0n) is 14.8. The molecule has 146 valence electrons. The molecule has 0 saturated heterocycles. The average molecular weight is 468 g/mol. The van der Waals surface area contributed by atoms with E-state index in [9.17, 15) is 14.9 Å². The van der Waals surface area contributed by atoms with Crippen molar-refractivity contribution in [2.75, 3.05) is 5.32 Å². The van der Waals surface area contributed by atoms with Gasteiger partial charge in [0.25, 0.3) is 0 Å². The van der Waals surface area contributed by atoms with E-state index >= 15 is 0 Å². The maximum Gasteiger partial charge on any atom is 0.390 e. The zero-order chi connectivity index (χ0) is 20.3. The molecule has 0 aliphatic carbocycles. The second kappa shape index (κ2) is 8.53. The molecule has 0 fully saturated rings. The maximum absolute atomic E-state index is 12.2. The van der Waals surface area contributed by atoms with Gasteiger partial charge in [0.1, 0.15) is 0 Å². The zero-order valence-corrected chi connectivity index (χ0v) is 17.1. The Morgan fingerprint density at radius 2 is 2.04 bits per heavy atom. The number of benzene rings is 1. The molecule has 2 heterocycles. The summed E-state index contributed by atoms with van der Waals surface area (Å²) in [7, 11) is 0. The molecule has 0 aliphatic heterocycles. The van der Waals surface area contributed by atoms with Gasteiger partial charge in [-0.05, 0) is 45.5 Å². The fraction of sp³-hybridized carbons (Fsp3) is 0.235. The summed E-state index contributed by atoms with van der Waals surface area (Å²) < 4.78 is 3.79. The smallest absolute Gasteiger partial charge is 0.358 e. The van der Waals surface area contributed by atoms with Crippen LogP contribution in [0.5, 0.6) is 0 Å². The number of amides is 1. The van der Waals surface area contributed by atoms with Crippen molar-refractivity contribution in [2.45, 2.75) is 26.4 Å². The van der Waals surface area contributed by atoms with Gasteiger partial charge in [-0.2, -0.15) is 9.78 Å². The number of aryl methyl sites for hydroxylation is 2. The third-order valence-corrected chi connectivity index (χ3v) is 4.77. The topological polar surface area (TPSA) is 108 Å². The van der Waals surface area contributed by atoms with Crippen molar-refractivity contribution in [1.29, 1.82) is 0 Å². The number of rotatable bonds is 7. The number of nitrogens with zero attached hydrogens (tertiary/aromatic N) is 5. The summed E-state index contributed by atoms with van der Waals surface area (Å²) >= 11 is 9.27. The summed E-state index contributed by atoms with van der Waals surface area (Å²) in [6, 6.07) is 8.79. The Bertz CT molecular complexity index is 1010. The number of hydrogen-bond acceptors (Lipinski definition) is 5. The van der Waals surface area contributed by atoms with E-state index in [0.717, 1.165) is 5.56 Å². The number of carbonyl (C=O) groups is 1. The summed E-state index contributed by atoms with van der Waals surface area (Å²) in [5.41, 5.74) is 1.64. The van der Waals surface area contributed by atoms with Crippen LogP contribution in [0.3, 0.4) is 0 Å². The molecule has 0 radical (unpaired) electrons. The highest BCUT2D eigenvalue weighted by molar-refractivity contribution is 9.10. The fourth-order valence-electron chi connectivity index (χ4n) is 2.55. The van der Waals surface area contributed by atoms with Crippen molar-refractivity contribution in [3.63, 3.8) is 0 Å². The monoisotopic (exact) mass is 466 g/mol. The molecule has 3 rings (SSSR count). The first-order chi connectivity index (χ1) is 13.3. The summed E-state index contributed by atoms with van der Waals surface area (Å²) in [4.78, 5) is 22.4. The van der Waals surface area contributed by atoms with Crippen molar-refractivity contribution in [2.24, 2.45) is 0 Å². The standard InChI is InChI=1S/C17H16BrClN6O3/c1-11-8-15(25(27)28)21-24(11)7-6-16(26)20-17-14(18)10-23(22-17)9-12-2-4-13(19)5-3-12/h2-5,8,10H,6-7,9H2,1H3,(H,20,22,26). The van der Waals surface area contributed by atoms with Crippen molar-refractivity contribution in [3.05, 3.63) is 67.4 Å². The number of anilines is 1. The lowest BCUT2D eigenvalue weighted by Gasteiger charge is -2.03. The second-order valence-corrected chi connectivity index (χ2v) is 7.36. The SMILES string of the molecule is Cc1cc([N+](=O)[O-])nn1CCC(=O)Nc1nn(Cc2ccc(Cl)cc2)cc1Br. The Balaban J connectivity index is 1.59. The van der Waals surface area contributed by atoms with Crippen LogP contribution < -0.4 is 5.32 Å². The molecule has 1 aromatic carbocycles. The Morgan fingerprint density at radius 3 is 2.68 bits per heavy atom. The minimum atomic E-state index is -0.561. The molecule has 28 heavy (non-hydrogen) atoms. The third-order valence-electron chi connectivity index (χ3n) is 3.94. The summed E-state index contributed by atoms with van der Waals surface area (Å²) in [5.74, 6) is -0.0984. The van der Waals surface area contributed by atoms with Crippen molar-refractivity contribution in [3.8, 4) is 0 Å². The van der Waals surface area contributed by atoms with Gasteiger partial charge in [-0.25, -0.2) is 0 Å². The Morgan fingerprint density at radius 1 is 1.32 bits per heavy atom. The van der Waals surface area contributed by atoms with E-state index in [4.69, 9.17) is 11.6 Å². The van der Waals surface area contributed by atoms with Crippen LogP contribution in [0.2, 0.25) is 5.02 Å². The lowest BCUT2D eigenvalue weighted by Crippen LogP contribution is -2.16. The van der Waals surface area contributed by atoms with Crippen LogP contribution in [-0.4, -0.2) is 30.4 Å². The minimum Gasteiger partial charge on any atom is -0.358 e. The molecule has 1 N–H and O–H groups in total. The third kappa shape index (κ3) is 4.96. The Kier molecular flexibility index (Phi) is 6.10. The van der Waals surface area contributed by atoms with Crippen LogP contribution in [0, 0.1) is 17.0 Å². The second-order valence-electron chi connectivity index (χ2n) is 6.07. The van der Waals surface area contributed by atoms with E-state index in [0.29, 0.717) is 27.6 Å². The predicted octanol–water partition coefficient (Wildman–Crippen LogP) is 3.79. The summed E-state index contributed by atoms with van der Waals surface area (Å²) in [6.07, 6.45) is 1.88. The number of aromatic nitrogens is 4. The van der Waals surface area contributed by atoms with Gasteiger partial charge < -0.3 is 15.4 Å². The van der Waals surface area contributed by atoms with Gasteiger partial charge in [0, 0.05) is 17.6 Å². The summed E-state index contributed by atoms with van der Waals surface area (Å²) in [6.45, 7) is 2.46. The number of nitrogens with one attached hydrogen (secondary N) is 1. The number of halogens is 2. The molecule has 0 unspecified atom stereocenters. The van der Waals surface area contributed by atoms with E-state index in [1.165, 1.54) is 10.7 Å². The molecule has 0 bridgehead atoms. The van der Waals surface area contributed by atoms with Crippen LogP contribution in [-0.2, 0) is 17.9 Å². The van der Waals surface area contributed by atoms with E-state index in [1.54, 1.807) is 29.9 Å². The van der Waals surface area contributed by atoms with Crippen LogP contribution in [0.4, 0.5) is 11.6 Å². The molecule has 0 spiro atoms. The van der Waals surface area contributed by atoms with E-state index in [1.807, 2.05) is 12.1 Å². The Hall–Kier alpha value is -2.72. The first-order valence-electron chi connectivity index (χ1n) is 8.28. The van der Waals surface area contributed by atoms with E-state index in [2.05, 4.69) is 31.4 Å². The van der Waals surface area contributed by atoms with Gasteiger partial charge in [-0.3, -0.25) is 9.48 Å². The highest BCUT2D eigenvalue weighted by atomic mass is 79.9.